The fraction of sp³-hybridized carbons (Fsp3) is 0. The lowest BCUT2D eigenvalue weighted by Gasteiger charge is -2.12. The summed E-state index contributed by atoms with van der Waals surface area (Å²) in [6.07, 6.45) is 4.55. The van der Waals surface area contributed by atoms with E-state index in [9.17, 15) is 0 Å². The van der Waals surface area contributed by atoms with E-state index in [1.54, 1.807) is 42.7 Å². The highest BCUT2D eigenvalue weighted by Crippen LogP contribution is 2.33. The Labute approximate surface area is 142 Å². The SMILES string of the molecule is Nc1c(Nc2ccc(Cl)cc2Cl)ncnc1Oc1cccnc1. The van der Waals surface area contributed by atoms with Crippen molar-refractivity contribution in [2.75, 3.05) is 11.1 Å². The molecule has 3 rings (SSSR count). The van der Waals surface area contributed by atoms with Gasteiger partial charge in [-0.2, -0.15) is 4.98 Å². The van der Waals surface area contributed by atoms with Crippen LogP contribution in [-0.2, 0) is 0 Å². The minimum absolute atomic E-state index is 0.223. The molecule has 8 heteroatoms. The Morgan fingerprint density at radius 2 is 2.00 bits per heavy atom. The van der Waals surface area contributed by atoms with Crippen LogP contribution >= 0.6 is 23.2 Å². The Bertz CT molecular complexity index is 829. The summed E-state index contributed by atoms with van der Waals surface area (Å²) in [6.45, 7) is 0. The first-order valence-corrected chi connectivity index (χ1v) is 7.29. The van der Waals surface area contributed by atoms with Gasteiger partial charge in [-0.25, -0.2) is 4.98 Å². The van der Waals surface area contributed by atoms with E-state index in [-0.39, 0.29) is 11.6 Å². The van der Waals surface area contributed by atoms with E-state index in [4.69, 9.17) is 33.7 Å². The van der Waals surface area contributed by atoms with E-state index in [0.717, 1.165) is 0 Å². The van der Waals surface area contributed by atoms with Gasteiger partial charge in [0.2, 0.25) is 5.88 Å². The molecule has 0 aliphatic carbocycles. The van der Waals surface area contributed by atoms with Crippen molar-refractivity contribution in [3.63, 3.8) is 0 Å². The van der Waals surface area contributed by atoms with Crippen molar-refractivity contribution < 1.29 is 4.74 Å². The van der Waals surface area contributed by atoms with Gasteiger partial charge < -0.3 is 15.8 Å². The van der Waals surface area contributed by atoms with E-state index in [2.05, 4.69) is 20.3 Å². The number of nitrogens with zero attached hydrogens (tertiary/aromatic N) is 3. The topological polar surface area (TPSA) is 86.0 Å². The van der Waals surface area contributed by atoms with Gasteiger partial charge in [0.1, 0.15) is 17.8 Å². The molecule has 0 unspecified atom stereocenters. The van der Waals surface area contributed by atoms with Crippen molar-refractivity contribution in [3.8, 4) is 11.6 Å². The maximum Gasteiger partial charge on any atom is 0.248 e. The minimum Gasteiger partial charge on any atom is -0.435 e. The van der Waals surface area contributed by atoms with E-state index >= 15 is 0 Å². The molecule has 0 aliphatic heterocycles. The summed E-state index contributed by atoms with van der Waals surface area (Å²) in [7, 11) is 0. The first-order chi connectivity index (χ1) is 11.1. The predicted octanol–water partition coefficient (Wildman–Crippen LogP) is 4.30. The number of pyridine rings is 1. The lowest BCUT2D eigenvalue weighted by molar-refractivity contribution is 0.462. The van der Waals surface area contributed by atoms with Gasteiger partial charge >= 0.3 is 0 Å². The predicted molar refractivity (Wildman–Crippen MR) is 90.5 cm³/mol. The van der Waals surface area contributed by atoms with Gasteiger partial charge in [0.05, 0.1) is 16.9 Å². The summed E-state index contributed by atoms with van der Waals surface area (Å²) >= 11 is 12.0. The first-order valence-electron chi connectivity index (χ1n) is 6.54. The van der Waals surface area contributed by atoms with Crippen LogP contribution in [0.4, 0.5) is 17.2 Å². The molecule has 3 aromatic rings. The van der Waals surface area contributed by atoms with Gasteiger partial charge in [0, 0.05) is 11.2 Å². The lowest BCUT2D eigenvalue weighted by Crippen LogP contribution is -2.03. The average molecular weight is 348 g/mol. The summed E-state index contributed by atoms with van der Waals surface area (Å²) in [5, 5.41) is 4.02. The van der Waals surface area contributed by atoms with Crippen LogP contribution in [0, 0.1) is 0 Å². The van der Waals surface area contributed by atoms with Crippen LogP contribution in [0.5, 0.6) is 11.6 Å². The van der Waals surface area contributed by atoms with Crippen molar-refractivity contribution in [1.82, 2.24) is 15.0 Å². The zero-order chi connectivity index (χ0) is 16.2. The molecule has 0 spiro atoms. The lowest BCUT2D eigenvalue weighted by atomic mass is 10.3. The summed E-state index contributed by atoms with van der Waals surface area (Å²) in [5.41, 5.74) is 6.93. The quantitative estimate of drug-likeness (QED) is 0.731. The van der Waals surface area contributed by atoms with Crippen LogP contribution < -0.4 is 15.8 Å². The number of ether oxygens (including phenoxy) is 1. The molecule has 0 atom stereocenters. The number of nitrogen functional groups attached to an aromatic ring is 1. The monoisotopic (exact) mass is 347 g/mol. The number of rotatable bonds is 4. The normalized spacial score (nSPS) is 10.3. The Morgan fingerprint density at radius 1 is 1.13 bits per heavy atom. The minimum atomic E-state index is 0.223. The molecule has 0 radical (unpaired) electrons. The second kappa shape index (κ2) is 6.68. The fourth-order valence-corrected chi connectivity index (χ4v) is 2.25. The number of anilines is 3. The van der Waals surface area contributed by atoms with E-state index in [1.165, 1.54) is 6.33 Å². The van der Waals surface area contributed by atoms with Gasteiger partial charge in [-0.05, 0) is 30.3 Å². The maximum absolute atomic E-state index is 6.13. The van der Waals surface area contributed by atoms with Crippen molar-refractivity contribution in [2.24, 2.45) is 0 Å². The highest BCUT2D eigenvalue weighted by molar-refractivity contribution is 6.36. The average Bonchev–Trinajstić information content (AvgIpc) is 2.54. The first kappa shape index (κ1) is 15.3. The summed E-state index contributed by atoms with van der Waals surface area (Å²) in [4.78, 5) is 12.1. The molecule has 1 aromatic carbocycles. The van der Waals surface area contributed by atoms with Crippen LogP contribution in [0.1, 0.15) is 0 Å². The molecule has 0 amide bonds. The second-order valence-electron chi connectivity index (χ2n) is 4.48. The highest BCUT2D eigenvalue weighted by atomic mass is 35.5. The van der Waals surface area contributed by atoms with E-state index in [1.807, 2.05) is 0 Å². The zero-order valence-corrected chi connectivity index (χ0v) is 13.2. The van der Waals surface area contributed by atoms with Gasteiger partial charge in [0.15, 0.2) is 5.82 Å². The standard InChI is InChI=1S/C15H11Cl2N5O/c16-9-3-4-12(11(17)6-9)22-14-13(18)15(21-8-20-14)23-10-2-1-5-19-7-10/h1-8H,18H2,(H,20,21,22). The van der Waals surface area contributed by atoms with Gasteiger partial charge in [-0.1, -0.05) is 23.2 Å². The molecule has 0 fully saturated rings. The van der Waals surface area contributed by atoms with Crippen molar-refractivity contribution >= 4 is 40.4 Å². The molecule has 2 heterocycles. The van der Waals surface area contributed by atoms with Gasteiger partial charge in [-0.15, -0.1) is 0 Å². The molecular weight excluding hydrogens is 337 g/mol. The number of aromatic nitrogens is 3. The summed E-state index contributed by atoms with van der Waals surface area (Å²) in [5.74, 6) is 1.12. The summed E-state index contributed by atoms with van der Waals surface area (Å²) in [6, 6.07) is 8.56. The van der Waals surface area contributed by atoms with Crippen LogP contribution in [0.3, 0.4) is 0 Å². The number of nitrogens with two attached hydrogens (primary N) is 1. The molecule has 0 saturated carbocycles. The number of hydrogen-bond acceptors (Lipinski definition) is 6. The molecule has 2 aromatic heterocycles. The maximum atomic E-state index is 6.13. The molecule has 0 aliphatic rings. The number of nitrogens with one attached hydrogen (secondary N) is 1. The van der Waals surface area contributed by atoms with Gasteiger partial charge in [0.25, 0.3) is 0 Å². The van der Waals surface area contributed by atoms with E-state index < -0.39 is 0 Å². The van der Waals surface area contributed by atoms with Crippen LogP contribution in [0.25, 0.3) is 0 Å². The number of hydrogen-bond donors (Lipinski definition) is 2. The molecule has 116 valence electrons. The highest BCUT2D eigenvalue weighted by Gasteiger charge is 2.12. The Hall–Kier alpha value is -2.57. The third-order valence-electron chi connectivity index (χ3n) is 2.88. The number of benzene rings is 1. The fourth-order valence-electron chi connectivity index (χ4n) is 1.80. The van der Waals surface area contributed by atoms with Crippen LogP contribution in [0.2, 0.25) is 10.0 Å². The molecule has 6 nitrogen and oxygen atoms in total. The molecule has 0 bridgehead atoms. The largest absolute Gasteiger partial charge is 0.435 e. The molecule has 0 saturated heterocycles. The van der Waals surface area contributed by atoms with E-state index in [0.29, 0.717) is 27.3 Å². The second-order valence-corrected chi connectivity index (χ2v) is 5.32. The van der Waals surface area contributed by atoms with Crippen LogP contribution in [0.15, 0.2) is 49.1 Å². The third-order valence-corrected chi connectivity index (χ3v) is 3.43. The third kappa shape index (κ3) is 3.61. The molecular formula is C15H11Cl2N5O. The molecule has 23 heavy (non-hydrogen) atoms. The number of halogens is 2. The van der Waals surface area contributed by atoms with Crippen molar-refractivity contribution in [3.05, 3.63) is 59.1 Å². The molecule has 3 N–H and O–H groups in total. The zero-order valence-electron chi connectivity index (χ0n) is 11.7. The Kier molecular flexibility index (Phi) is 4.45. The Morgan fingerprint density at radius 3 is 2.74 bits per heavy atom. The van der Waals surface area contributed by atoms with Gasteiger partial charge in [-0.3, -0.25) is 4.98 Å². The van der Waals surface area contributed by atoms with Crippen molar-refractivity contribution in [1.29, 1.82) is 0 Å². The van der Waals surface area contributed by atoms with Crippen molar-refractivity contribution in [2.45, 2.75) is 0 Å². The summed E-state index contributed by atoms with van der Waals surface area (Å²) < 4.78 is 5.60. The smallest absolute Gasteiger partial charge is 0.248 e. The Balaban J connectivity index is 1.87. The van der Waals surface area contributed by atoms with Crippen LogP contribution in [-0.4, -0.2) is 15.0 Å².